The molecule has 0 unspecified atom stereocenters. The summed E-state index contributed by atoms with van der Waals surface area (Å²) >= 11 is 15.6. The van der Waals surface area contributed by atoms with Gasteiger partial charge in [-0.3, -0.25) is 0 Å². The van der Waals surface area contributed by atoms with Crippen molar-refractivity contribution < 1.29 is 42.5 Å². The third-order valence-corrected chi connectivity index (χ3v) is 22.0. The van der Waals surface area contributed by atoms with E-state index in [1.54, 1.807) is 13.0 Å². The highest BCUT2D eigenvalue weighted by Gasteiger charge is 2.23. The summed E-state index contributed by atoms with van der Waals surface area (Å²) in [6.45, 7) is 11.4. The summed E-state index contributed by atoms with van der Waals surface area (Å²) in [6, 6.07) is 54.1. The molecule has 0 aromatic heterocycles. The van der Waals surface area contributed by atoms with Gasteiger partial charge in [0.05, 0.1) is 48.7 Å². The molecule has 108 heavy (non-hydrogen) atoms. The number of anilines is 4. The number of esters is 4. The van der Waals surface area contributed by atoms with Crippen LogP contribution in [-0.4, -0.2) is 50.3 Å². The van der Waals surface area contributed by atoms with Gasteiger partial charge in [0, 0.05) is 63.4 Å². The molecule has 4 saturated carbocycles. The lowest BCUT2D eigenvalue weighted by molar-refractivity contribution is 0.0517. The molecule has 12 nitrogen and oxygen atoms in total. The van der Waals surface area contributed by atoms with Crippen LogP contribution in [0.5, 0.6) is 0 Å². The minimum absolute atomic E-state index is 0.239. The molecule has 0 bridgehead atoms. The molecule has 12 rings (SSSR count). The summed E-state index contributed by atoms with van der Waals surface area (Å²) in [7, 11) is 0. The maximum Gasteiger partial charge on any atom is 0.338 e. The van der Waals surface area contributed by atoms with Crippen LogP contribution < -0.4 is 21.3 Å². The number of halogens is 4. The first kappa shape index (κ1) is 83.9. The molecule has 4 fully saturated rings. The highest BCUT2D eigenvalue weighted by molar-refractivity contribution is 9.10. The highest BCUT2D eigenvalue weighted by atomic mass is 79.9. The van der Waals surface area contributed by atoms with E-state index in [1.165, 1.54) is 168 Å². The number of hydrogen-bond donors (Lipinski definition) is 4. The lowest BCUT2D eigenvalue weighted by atomic mass is 9.84. The molecule has 8 aromatic rings. The second-order valence-electron chi connectivity index (χ2n) is 29.1. The van der Waals surface area contributed by atoms with Crippen LogP contribution in [0.3, 0.4) is 0 Å². The van der Waals surface area contributed by atoms with Crippen molar-refractivity contribution in [3.8, 4) is 0 Å². The average Bonchev–Trinajstić information content (AvgIpc) is 0.848. The first-order valence-electron chi connectivity index (χ1n) is 39.8. The maximum atomic E-state index is 13.4. The van der Waals surface area contributed by atoms with E-state index in [0.29, 0.717) is 74.2 Å². The van der Waals surface area contributed by atoms with Crippen molar-refractivity contribution in [2.75, 3.05) is 47.7 Å². The summed E-state index contributed by atoms with van der Waals surface area (Å²) in [5.41, 5.74) is 15.8. The normalized spacial score (nSPS) is 14.7. The SMILES string of the molecule is CCOC(=O)c1ccc(CC2CCCCC2)c(NCc2ccc(Br)cc2)c1.CCOC(=O)c1ccc(CC2CCCCC2)c(NCc2ccc(Cl)cc2)c1.CCOC(=O)c1ccc(CC2CCCCC2)c(NCc2cccc(Cl)c2)c1.CCOC(=O)c1ccc(CC2CCCCC2)c(NCc2cccc(F)c2)c1. The highest BCUT2D eigenvalue weighted by Crippen LogP contribution is 2.36. The fraction of sp³-hybridized carbons (Fsp3) is 0.435. The number of rotatable bonds is 28. The quantitative estimate of drug-likeness (QED) is 0.0273. The van der Waals surface area contributed by atoms with E-state index in [9.17, 15) is 23.6 Å². The van der Waals surface area contributed by atoms with Gasteiger partial charge in [-0.05, 0) is 219 Å². The molecule has 0 aliphatic heterocycles. The number of nitrogens with one attached hydrogen (secondary N) is 4. The van der Waals surface area contributed by atoms with Gasteiger partial charge >= 0.3 is 23.9 Å². The number of hydrogen-bond acceptors (Lipinski definition) is 12. The topological polar surface area (TPSA) is 153 Å². The summed E-state index contributed by atoms with van der Waals surface area (Å²) in [4.78, 5) is 48.6. The molecule has 8 aromatic carbocycles. The zero-order valence-corrected chi connectivity index (χ0v) is 67.0. The maximum absolute atomic E-state index is 13.4. The van der Waals surface area contributed by atoms with Gasteiger partial charge in [-0.2, -0.15) is 0 Å². The third kappa shape index (κ3) is 28.4. The monoisotopic (exact) mass is 1570 g/mol. The second kappa shape index (κ2) is 45.7. The Labute approximate surface area is 660 Å². The molecule has 0 radical (unpaired) electrons. The molecule has 0 saturated heterocycles. The lowest BCUT2D eigenvalue weighted by Gasteiger charge is -2.23. The lowest BCUT2D eigenvalue weighted by Crippen LogP contribution is -2.12. The average molecular weight is 1570 g/mol. The largest absolute Gasteiger partial charge is 0.462 e. The third-order valence-electron chi connectivity index (χ3n) is 21.0. The van der Waals surface area contributed by atoms with Crippen molar-refractivity contribution >= 4 is 85.8 Å². The molecule has 16 heteroatoms. The Balaban J connectivity index is 0.000000166. The zero-order valence-electron chi connectivity index (χ0n) is 63.9. The van der Waals surface area contributed by atoms with Crippen molar-refractivity contribution in [3.63, 3.8) is 0 Å². The Bertz CT molecular complexity index is 3830. The minimum Gasteiger partial charge on any atom is -0.462 e. The van der Waals surface area contributed by atoms with Gasteiger partial charge in [-0.15, -0.1) is 0 Å². The Kier molecular flexibility index (Phi) is 35.5. The van der Waals surface area contributed by atoms with Gasteiger partial charge in [-0.1, -0.05) is 240 Å². The number of carbonyl (C=O) groups is 4. The van der Waals surface area contributed by atoms with E-state index >= 15 is 0 Å². The standard InChI is InChI=1S/C23H28BrNO2.2C23H28ClNO2.C23H28FNO2/c1-2-27-23(26)20-11-10-19(14-17-6-4-3-5-7-17)22(15-20)25-16-18-8-12-21(24)13-9-18;1-2-27-23(26)20-12-11-19(13-17-7-4-3-5-8-17)22(15-20)25-16-18-9-6-10-21(24)14-18;1-2-27-23(26)20-11-10-19(14-17-6-4-3-5-7-17)22(15-20)25-16-18-8-12-21(24)13-9-18;1-2-27-23(26)20-12-11-19(13-17-7-4-3-5-8-17)22(15-20)25-16-18-9-6-10-21(24)14-18/h8-13,15,17,25H,2-7,14,16H2,1H3;6,9-12,14-15,17,25H,2-5,7-8,13,16H2,1H3;8-13,15,17,25H,2-7,14,16H2,1H3;6,9-12,14-15,17,25H,2-5,7-8,13,16H2,1H3. The van der Waals surface area contributed by atoms with E-state index < -0.39 is 0 Å². The second-order valence-corrected chi connectivity index (χ2v) is 30.9. The molecular weight excluding hydrogens is 1460 g/mol. The number of ether oxygens (including phenoxy) is 4. The molecule has 4 aliphatic rings. The predicted octanol–water partition coefficient (Wildman–Crippen LogP) is 24.6. The van der Waals surface area contributed by atoms with E-state index in [0.717, 1.165) is 104 Å². The molecule has 576 valence electrons. The van der Waals surface area contributed by atoms with Crippen LogP contribution in [0.25, 0.3) is 0 Å². The Hall–Kier alpha value is -8.17. The first-order chi connectivity index (χ1) is 52.6. The zero-order chi connectivity index (χ0) is 76.2. The van der Waals surface area contributed by atoms with E-state index in [2.05, 4.69) is 85.7 Å². The van der Waals surface area contributed by atoms with Gasteiger partial charge in [0.2, 0.25) is 0 Å². The van der Waals surface area contributed by atoms with Gasteiger partial charge in [0.25, 0.3) is 0 Å². The molecule has 0 spiro atoms. The number of benzene rings is 8. The van der Waals surface area contributed by atoms with Crippen LogP contribution in [0.15, 0.2) is 174 Å². The predicted molar refractivity (Wildman–Crippen MR) is 443 cm³/mol. The van der Waals surface area contributed by atoms with E-state index in [-0.39, 0.29) is 29.7 Å². The molecule has 4 aliphatic carbocycles. The Morgan fingerprint density at radius 1 is 0.343 bits per heavy atom. The summed E-state index contributed by atoms with van der Waals surface area (Å²) in [6.07, 6.45) is 30.6. The fourth-order valence-electron chi connectivity index (χ4n) is 15.1. The molecule has 0 atom stereocenters. The van der Waals surface area contributed by atoms with Gasteiger partial charge in [0.1, 0.15) is 5.82 Å². The minimum atomic E-state index is -0.310. The molecule has 0 amide bonds. The van der Waals surface area contributed by atoms with Crippen LogP contribution in [0.1, 0.15) is 242 Å². The molecule has 4 N–H and O–H groups in total. The van der Waals surface area contributed by atoms with E-state index in [4.69, 9.17) is 42.1 Å². The van der Waals surface area contributed by atoms with Crippen molar-refractivity contribution in [1.82, 2.24) is 0 Å². The van der Waals surface area contributed by atoms with Gasteiger partial charge in [-0.25, -0.2) is 23.6 Å². The molecular formula is C92H112BrCl2FN4O8. The Morgan fingerprint density at radius 2 is 0.630 bits per heavy atom. The summed E-state index contributed by atoms with van der Waals surface area (Å²) in [5.74, 6) is 1.58. The number of carbonyl (C=O) groups excluding carboxylic acids is 4. The van der Waals surface area contributed by atoms with Crippen LogP contribution in [0, 0.1) is 29.5 Å². The van der Waals surface area contributed by atoms with Crippen molar-refractivity contribution in [3.05, 3.63) is 257 Å². The van der Waals surface area contributed by atoms with Crippen molar-refractivity contribution in [2.45, 2.75) is 208 Å². The van der Waals surface area contributed by atoms with Gasteiger partial charge < -0.3 is 40.2 Å². The van der Waals surface area contributed by atoms with Crippen molar-refractivity contribution in [2.24, 2.45) is 23.7 Å². The van der Waals surface area contributed by atoms with Gasteiger partial charge in [0.15, 0.2) is 0 Å². The van der Waals surface area contributed by atoms with Crippen LogP contribution in [-0.2, 0) is 70.8 Å². The van der Waals surface area contributed by atoms with Crippen LogP contribution in [0.4, 0.5) is 27.1 Å². The Morgan fingerprint density at radius 3 is 0.926 bits per heavy atom. The fourth-order valence-corrected chi connectivity index (χ4v) is 15.7. The summed E-state index contributed by atoms with van der Waals surface area (Å²) in [5, 5.41) is 15.5. The first-order valence-corrected chi connectivity index (χ1v) is 41.3. The smallest absolute Gasteiger partial charge is 0.338 e. The van der Waals surface area contributed by atoms with Crippen LogP contribution in [0.2, 0.25) is 10.0 Å². The van der Waals surface area contributed by atoms with Crippen molar-refractivity contribution in [1.29, 1.82) is 0 Å². The molecule has 0 heterocycles. The van der Waals surface area contributed by atoms with Crippen LogP contribution >= 0.6 is 39.1 Å². The summed E-state index contributed by atoms with van der Waals surface area (Å²) < 4.78 is 35.2. The van der Waals surface area contributed by atoms with E-state index in [1.807, 2.05) is 124 Å².